The molecule has 0 bridgehead atoms. The molecule has 4 rings (SSSR count). The van der Waals surface area contributed by atoms with Gasteiger partial charge in [-0.05, 0) is 44.0 Å². The fourth-order valence-electron chi connectivity index (χ4n) is 4.38. The van der Waals surface area contributed by atoms with Gasteiger partial charge in [0.05, 0.1) is 6.20 Å². The summed E-state index contributed by atoms with van der Waals surface area (Å²) in [6.07, 6.45) is 2.49. The lowest BCUT2D eigenvalue weighted by atomic mass is 10.1. The number of nitrogens with one attached hydrogen (secondary N) is 1. The number of hydrogen-bond donors (Lipinski definition) is 1. The molecule has 0 unspecified atom stereocenters. The summed E-state index contributed by atoms with van der Waals surface area (Å²) in [7, 11) is 2.17. The van der Waals surface area contributed by atoms with Crippen LogP contribution in [0.3, 0.4) is 0 Å². The molecule has 1 aliphatic heterocycles. The normalized spacial score (nSPS) is 15.0. The Hall–Kier alpha value is -3.28. The summed E-state index contributed by atoms with van der Waals surface area (Å²) in [5.74, 6) is 0.0107. The highest BCUT2D eigenvalue weighted by Gasteiger charge is 2.16. The smallest absolute Gasteiger partial charge is 0.220 e. The van der Waals surface area contributed by atoms with Gasteiger partial charge in [0.1, 0.15) is 11.6 Å². The van der Waals surface area contributed by atoms with Crippen molar-refractivity contribution in [1.29, 1.82) is 5.26 Å². The average molecular weight is 446 g/mol. The molecule has 3 heterocycles. The molecule has 1 aliphatic rings. The minimum absolute atomic E-state index is 0.0107. The summed E-state index contributed by atoms with van der Waals surface area (Å²) in [5.41, 5.74) is 6.18. The zero-order valence-corrected chi connectivity index (χ0v) is 19.6. The summed E-state index contributed by atoms with van der Waals surface area (Å²) in [5, 5.41) is 16.5. The second-order valence-corrected chi connectivity index (χ2v) is 8.84. The molecule has 0 spiro atoms. The van der Waals surface area contributed by atoms with E-state index in [1.54, 1.807) is 4.52 Å². The molecule has 8 heteroatoms. The van der Waals surface area contributed by atoms with Gasteiger partial charge in [-0.3, -0.25) is 9.69 Å². The molecule has 2 aromatic heterocycles. The van der Waals surface area contributed by atoms with Crippen LogP contribution >= 0.6 is 0 Å². The van der Waals surface area contributed by atoms with Crippen LogP contribution in [0, 0.1) is 25.2 Å². The van der Waals surface area contributed by atoms with Gasteiger partial charge in [0, 0.05) is 57.1 Å². The molecule has 1 saturated heterocycles. The van der Waals surface area contributed by atoms with Crippen LogP contribution in [0.1, 0.15) is 40.1 Å². The second-order valence-electron chi connectivity index (χ2n) is 8.84. The molecule has 33 heavy (non-hydrogen) atoms. The largest absolute Gasteiger partial charge is 0.352 e. The van der Waals surface area contributed by atoms with Crippen molar-refractivity contribution in [1.82, 2.24) is 29.7 Å². The van der Waals surface area contributed by atoms with Gasteiger partial charge in [-0.15, -0.1) is 0 Å². The molecule has 1 fully saturated rings. The van der Waals surface area contributed by atoms with Crippen molar-refractivity contribution < 1.29 is 4.79 Å². The third kappa shape index (κ3) is 5.38. The first-order valence-corrected chi connectivity index (χ1v) is 11.4. The second kappa shape index (κ2) is 10.1. The van der Waals surface area contributed by atoms with E-state index in [-0.39, 0.29) is 5.91 Å². The van der Waals surface area contributed by atoms with Crippen molar-refractivity contribution >= 4 is 11.6 Å². The molecular weight excluding hydrogens is 414 g/mol. The molecule has 0 atom stereocenters. The van der Waals surface area contributed by atoms with Crippen molar-refractivity contribution in [3.8, 4) is 6.07 Å². The van der Waals surface area contributed by atoms with E-state index in [0.29, 0.717) is 30.6 Å². The third-order valence-corrected chi connectivity index (χ3v) is 6.41. The predicted molar refractivity (Wildman–Crippen MR) is 127 cm³/mol. The van der Waals surface area contributed by atoms with Crippen LogP contribution in [-0.2, 0) is 24.3 Å². The molecule has 8 nitrogen and oxygen atoms in total. The molecule has 1 N–H and O–H groups in total. The van der Waals surface area contributed by atoms with Crippen molar-refractivity contribution in [3.05, 3.63) is 64.1 Å². The Labute approximate surface area is 194 Å². The Balaban J connectivity index is 1.32. The lowest BCUT2D eigenvalue weighted by Gasteiger charge is -2.32. The topological polar surface area (TPSA) is 89.6 Å². The van der Waals surface area contributed by atoms with Gasteiger partial charge in [0.15, 0.2) is 5.65 Å². The molecular formula is C25H31N7O. The highest BCUT2D eigenvalue weighted by atomic mass is 16.1. The lowest BCUT2D eigenvalue weighted by molar-refractivity contribution is -0.121. The number of nitriles is 1. The summed E-state index contributed by atoms with van der Waals surface area (Å²) >= 11 is 0. The van der Waals surface area contributed by atoms with Gasteiger partial charge in [0.2, 0.25) is 5.91 Å². The van der Waals surface area contributed by atoms with E-state index >= 15 is 0 Å². The van der Waals surface area contributed by atoms with Crippen molar-refractivity contribution in [3.63, 3.8) is 0 Å². The molecule has 0 radical (unpaired) electrons. The van der Waals surface area contributed by atoms with Gasteiger partial charge in [-0.2, -0.15) is 10.4 Å². The standard InChI is InChI=1S/C25H31N7O/c1-18-23(19(2)32-25(29-18)22(14-26)16-28-32)7-8-24(33)27-15-20-5-4-6-21(13-20)17-31-11-9-30(3)10-12-31/h4-6,13,16H,7-12,15,17H2,1-3H3,(H,27,33). The summed E-state index contributed by atoms with van der Waals surface area (Å²) in [4.78, 5) is 21.9. The predicted octanol–water partition coefficient (Wildman–Crippen LogP) is 2.21. The van der Waals surface area contributed by atoms with Crippen molar-refractivity contribution in [2.24, 2.45) is 0 Å². The Morgan fingerprint density at radius 2 is 1.94 bits per heavy atom. The Morgan fingerprint density at radius 3 is 2.70 bits per heavy atom. The summed E-state index contributed by atoms with van der Waals surface area (Å²) in [6.45, 7) is 9.74. The van der Waals surface area contributed by atoms with Crippen molar-refractivity contribution in [2.75, 3.05) is 33.2 Å². The van der Waals surface area contributed by atoms with Crippen LogP contribution in [0.25, 0.3) is 5.65 Å². The molecule has 3 aromatic rings. The number of carbonyl (C=O) groups is 1. The van der Waals surface area contributed by atoms with Gasteiger partial charge < -0.3 is 10.2 Å². The van der Waals surface area contributed by atoms with Crippen LogP contribution in [0.5, 0.6) is 0 Å². The quantitative estimate of drug-likeness (QED) is 0.600. The van der Waals surface area contributed by atoms with Gasteiger partial charge in [0.25, 0.3) is 0 Å². The zero-order valence-electron chi connectivity index (χ0n) is 19.6. The number of aromatic nitrogens is 3. The van der Waals surface area contributed by atoms with Crippen LogP contribution in [-0.4, -0.2) is 63.5 Å². The number of aryl methyl sites for hydroxylation is 2. The van der Waals surface area contributed by atoms with E-state index in [0.717, 1.165) is 55.2 Å². The number of hydrogen-bond acceptors (Lipinski definition) is 6. The fraction of sp³-hybridized carbons (Fsp3) is 0.440. The summed E-state index contributed by atoms with van der Waals surface area (Å²) in [6, 6.07) is 10.6. The van der Waals surface area contributed by atoms with Crippen LogP contribution in [0.15, 0.2) is 30.5 Å². The number of nitrogens with zero attached hydrogens (tertiary/aromatic N) is 6. The van der Waals surface area contributed by atoms with E-state index in [4.69, 9.17) is 0 Å². The number of amides is 1. The first kappa shape index (κ1) is 22.9. The SMILES string of the molecule is Cc1nc2c(C#N)cnn2c(C)c1CCC(=O)NCc1cccc(CN2CCN(C)CC2)c1. The van der Waals surface area contributed by atoms with Crippen molar-refractivity contribution in [2.45, 2.75) is 39.8 Å². The average Bonchev–Trinajstić information content (AvgIpc) is 3.22. The fourth-order valence-corrected chi connectivity index (χ4v) is 4.38. The maximum Gasteiger partial charge on any atom is 0.220 e. The molecule has 0 saturated carbocycles. The number of carbonyl (C=O) groups excluding carboxylic acids is 1. The Morgan fingerprint density at radius 1 is 1.18 bits per heavy atom. The number of likely N-dealkylation sites (N-methyl/N-ethyl adjacent to an activating group) is 1. The molecule has 1 aromatic carbocycles. The highest BCUT2D eigenvalue weighted by molar-refractivity contribution is 5.76. The molecule has 172 valence electrons. The minimum Gasteiger partial charge on any atom is -0.352 e. The third-order valence-electron chi connectivity index (χ3n) is 6.41. The number of rotatable bonds is 7. The number of benzene rings is 1. The Kier molecular flexibility index (Phi) is 7.02. The van der Waals surface area contributed by atoms with Gasteiger partial charge in [-0.25, -0.2) is 9.50 Å². The lowest BCUT2D eigenvalue weighted by Crippen LogP contribution is -2.43. The van der Waals surface area contributed by atoms with E-state index < -0.39 is 0 Å². The monoisotopic (exact) mass is 445 g/mol. The number of fused-ring (bicyclic) bond motifs is 1. The zero-order chi connectivity index (χ0) is 23.4. The maximum absolute atomic E-state index is 12.5. The minimum atomic E-state index is 0.0107. The van der Waals surface area contributed by atoms with Gasteiger partial charge >= 0.3 is 0 Å². The van der Waals surface area contributed by atoms with Crippen LogP contribution in [0.2, 0.25) is 0 Å². The summed E-state index contributed by atoms with van der Waals surface area (Å²) < 4.78 is 1.69. The first-order valence-electron chi connectivity index (χ1n) is 11.4. The molecule has 0 aliphatic carbocycles. The van der Waals surface area contributed by atoms with E-state index in [2.05, 4.69) is 62.6 Å². The van der Waals surface area contributed by atoms with Crippen LogP contribution < -0.4 is 5.32 Å². The highest BCUT2D eigenvalue weighted by Crippen LogP contribution is 2.18. The first-order chi connectivity index (χ1) is 15.9. The molecule has 1 amide bonds. The van der Waals surface area contributed by atoms with E-state index in [1.165, 1.54) is 11.8 Å². The maximum atomic E-state index is 12.5. The van der Waals surface area contributed by atoms with E-state index in [1.807, 2.05) is 13.8 Å². The van der Waals surface area contributed by atoms with Crippen LogP contribution in [0.4, 0.5) is 0 Å². The number of piperazine rings is 1. The van der Waals surface area contributed by atoms with E-state index in [9.17, 15) is 10.1 Å². The Bertz CT molecular complexity index is 1190. The van der Waals surface area contributed by atoms with Gasteiger partial charge in [-0.1, -0.05) is 24.3 Å².